The van der Waals surface area contributed by atoms with Crippen LogP contribution in [0.1, 0.15) is 62.5 Å². The van der Waals surface area contributed by atoms with Crippen LogP contribution in [-0.4, -0.2) is 42.3 Å². The van der Waals surface area contributed by atoms with E-state index in [0.717, 1.165) is 47.9 Å². The van der Waals surface area contributed by atoms with Gasteiger partial charge in [0, 0.05) is 18.9 Å². The number of ether oxygens (including phenoxy) is 1. The number of hydrogen-bond acceptors (Lipinski definition) is 4. The van der Waals surface area contributed by atoms with Crippen molar-refractivity contribution in [1.29, 1.82) is 0 Å². The van der Waals surface area contributed by atoms with Crippen LogP contribution >= 0.6 is 0 Å². The molecule has 2 aromatic rings. The Balaban J connectivity index is 1.29. The maximum Gasteiger partial charge on any atom is 0.407 e. The van der Waals surface area contributed by atoms with E-state index in [1.807, 2.05) is 31.2 Å². The molecule has 1 fully saturated rings. The lowest BCUT2D eigenvalue weighted by Crippen LogP contribution is -2.47. The molecule has 2 aliphatic carbocycles. The molecule has 2 aromatic carbocycles. The molecule has 0 aliphatic heterocycles. The lowest BCUT2D eigenvalue weighted by atomic mass is 9.98. The van der Waals surface area contributed by atoms with Crippen molar-refractivity contribution >= 4 is 18.0 Å². The highest BCUT2D eigenvalue weighted by atomic mass is 16.5. The van der Waals surface area contributed by atoms with Crippen LogP contribution in [0.4, 0.5) is 4.79 Å². The molecule has 0 heterocycles. The number of carboxylic acid groups (broad SMARTS) is 1. The summed E-state index contributed by atoms with van der Waals surface area (Å²) in [5.41, 5.74) is 4.61. The van der Waals surface area contributed by atoms with Gasteiger partial charge < -0.3 is 20.5 Å². The average Bonchev–Trinajstić information content (AvgIpc) is 3.42. The zero-order valence-electron chi connectivity index (χ0n) is 20.2. The quantitative estimate of drug-likeness (QED) is 0.459. The topological polar surface area (TPSA) is 105 Å². The van der Waals surface area contributed by atoms with E-state index in [9.17, 15) is 14.4 Å². The van der Waals surface area contributed by atoms with Crippen molar-refractivity contribution in [2.45, 2.75) is 57.4 Å². The summed E-state index contributed by atoms with van der Waals surface area (Å²) < 4.78 is 5.61. The van der Waals surface area contributed by atoms with Crippen LogP contribution in [0.3, 0.4) is 0 Å². The first-order valence-corrected chi connectivity index (χ1v) is 12.6. The van der Waals surface area contributed by atoms with Crippen molar-refractivity contribution in [3.05, 3.63) is 59.7 Å². The molecule has 1 saturated carbocycles. The van der Waals surface area contributed by atoms with Gasteiger partial charge in [-0.2, -0.15) is 0 Å². The van der Waals surface area contributed by atoms with Crippen molar-refractivity contribution in [1.82, 2.24) is 10.6 Å². The number of benzene rings is 2. The van der Waals surface area contributed by atoms with Crippen LogP contribution in [0.2, 0.25) is 0 Å². The largest absolute Gasteiger partial charge is 0.481 e. The molecule has 3 atom stereocenters. The van der Waals surface area contributed by atoms with Crippen LogP contribution in [-0.2, 0) is 14.3 Å². The number of carbonyl (C=O) groups is 3. The highest BCUT2D eigenvalue weighted by Crippen LogP contribution is 2.44. The molecule has 0 spiro atoms. The number of aliphatic carboxylic acids is 1. The lowest BCUT2D eigenvalue weighted by Gasteiger charge is -2.20. The van der Waals surface area contributed by atoms with Crippen LogP contribution in [0.5, 0.6) is 0 Å². The molecule has 7 nitrogen and oxygen atoms in total. The molecule has 35 heavy (non-hydrogen) atoms. The molecule has 0 bridgehead atoms. The zero-order chi connectivity index (χ0) is 24.8. The van der Waals surface area contributed by atoms with Crippen LogP contribution in [0, 0.1) is 11.8 Å². The minimum Gasteiger partial charge on any atom is -0.481 e. The Hall–Kier alpha value is -3.35. The van der Waals surface area contributed by atoms with Crippen molar-refractivity contribution in [2.75, 3.05) is 13.2 Å². The van der Waals surface area contributed by atoms with Crippen molar-refractivity contribution in [3.63, 3.8) is 0 Å². The van der Waals surface area contributed by atoms with Crippen molar-refractivity contribution < 1.29 is 24.2 Å². The first kappa shape index (κ1) is 24.8. The van der Waals surface area contributed by atoms with Gasteiger partial charge >= 0.3 is 12.1 Å². The van der Waals surface area contributed by atoms with Gasteiger partial charge in [0.05, 0.1) is 0 Å². The summed E-state index contributed by atoms with van der Waals surface area (Å²) in [6.07, 6.45) is 3.45. The molecule has 2 unspecified atom stereocenters. The Labute approximate surface area is 206 Å². The number of rotatable bonds is 10. The Morgan fingerprint density at radius 1 is 1.00 bits per heavy atom. The highest BCUT2D eigenvalue weighted by molar-refractivity contribution is 5.85. The molecule has 2 aliphatic rings. The van der Waals surface area contributed by atoms with Crippen LogP contribution in [0.15, 0.2) is 48.5 Å². The predicted octanol–water partition coefficient (Wildman–Crippen LogP) is 4.70. The van der Waals surface area contributed by atoms with Crippen molar-refractivity contribution in [3.8, 4) is 11.1 Å². The van der Waals surface area contributed by atoms with Gasteiger partial charge in [-0.1, -0.05) is 61.9 Å². The average molecular weight is 479 g/mol. The Bertz CT molecular complexity index is 1020. The fraction of sp³-hybridized carbons (Fsp3) is 0.464. The van der Waals surface area contributed by atoms with Gasteiger partial charge in [0.1, 0.15) is 12.6 Å². The van der Waals surface area contributed by atoms with E-state index in [1.165, 1.54) is 0 Å². The fourth-order valence-corrected chi connectivity index (χ4v) is 5.50. The van der Waals surface area contributed by atoms with Crippen molar-refractivity contribution in [2.24, 2.45) is 11.8 Å². The smallest absolute Gasteiger partial charge is 0.407 e. The van der Waals surface area contributed by atoms with E-state index in [4.69, 9.17) is 9.84 Å². The van der Waals surface area contributed by atoms with E-state index in [1.54, 1.807) is 0 Å². The Morgan fingerprint density at radius 2 is 1.63 bits per heavy atom. The van der Waals surface area contributed by atoms with Gasteiger partial charge in [-0.3, -0.25) is 9.59 Å². The first-order valence-electron chi connectivity index (χ1n) is 12.6. The summed E-state index contributed by atoms with van der Waals surface area (Å²) in [4.78, 5) is 36.4. The molecular formula is C28H34N2O5. The van der Waals surface area contributed by atoms with Gasteiger partial charge in [-0.25, -0.2) is 4.79 Å². The predicted molar refractivity (Wildman–Crippen MR) is 133 cm³/mol. The third-order valence-corrected chi connectivity index (χ3v) is 7.21. The summed E-state index contributed by atoms with van der Waals surface area (Å²) in [6.45, 7) is 2.67. The second-order valence-electron chi connectivity index (χ2n) is 9.70. The number of amides is 2. The summed E-state index contributed by atoms with van der Waals surface area (Å²) in [5, 5.41) is 14.7. The number of hydrogen-bond donors (Lipinski definition) is 3. The number of carbonyl (C=O) groups excluding carboxylic acids is 2. The van der Waals surface area contributed by atoms with Crippen LogP contribution in [0.25, 0.3) is 11.1 Å². The highest BCUT2D eigenvalue weighted by Gasteiger charge is 2.30. The van der Waals surface area contributed by atoms with Gasteiger partial charge in [0.25, 0.3) is 0 Å². The molecule has 7 heteroatoms. The fourth-order valence-electron chi connectivity index (χ4n) is 5.50. The second-order valence-corrected chi connectivity index (χ2v) is 9.70. The maximum absolute atomic E-state index is 12.8. The lowest BCUT2D eigenvalue weighted by molar-refractivity contribution is -0.138. The standard InChI is InChI=1S/C28H34N2O5/c1-2-7-25(27(33)29-16-19-13-12-18(14-19)15-26(31)32)30-28(34)35-17-24-22-10-5-3-8-20(22)21-9-4-6-11-23(21)24/h3-6,8-11,18-19,24-25H,2,7,12-17H2,1H3,(H,29,33)(H,30,34)(H,31,32)/t18?,19?,25-/m1/s1. The molecule has 0 saturated heterocycles. The molecule has 2 amide bonds. The molecule has 0 aromatic heterocycles. The number of nitrogens with one attached hydrogen (secondary N) is 2. The molecular weight excluding hydrogens is 444 g/mol. The zero-order valence-corrected chi connectivity index (χ0v) is 20.2. The van der Waals surface area contributed by atoms with E-state index in [2.05, 4.69) is 34.9 Å². The number of fused-ring (bicyclic) bond motifs is 3. The van der Waals surface area contributed by atoms with Gasteiger partial charge in [0.2, 0.25) is 5.91 Å². The maximum atomic E-state index is 12.8. The van der Waals surface area contributed by atoms with E-state index in [-0.39, 0.29) is 36.7 Å². The first-order chi connectivity index (χ1) is 17.0. The molecule has 186 valence electrons. The summed E-state index contributed by atoms with van der Waals surface area (Å²) in [7, 11) is 0. The molecule has 4 rings (SSSR count). The summed E-state index contributed by atoms with van der Waals surface area (Å²) >= 11 is 0. The van der Waals surface area contributed by atoms with Gasteiger partial charge in [-0.15, -0.1) is 0 Å². The summed E-state index contributed by atoms with van der Waals surface area (Å²) in [5.74, 6) is -0.565. The molecule has 0 radical (unpaired) electrons. The van der Waals surface area contributed by atoms with E-state index in [0.29, 0.717) is 13.0 Å². The van der Waals surface area contributed by atoms with E-state index < -0.39 is 18.1 Å². The molecule has 3 N–H and O–H groups in total. The minimum absolute atomic E-state index is 0.0345. The third-order valence-electron chi connectivity index (χ3n) is 7.21. The van der Waals surface area contributed by atoms with Crippen LogP contribution < -0.4 is 10.6 Å². The normalized spacial score (nSPS) is 19.5. The van der Waals surface area contributed by atoms with Gasteiger partial charge in [0.15, 0.2) is 0 Å². The minimum atomic E-state index is -0.769. The van der Waals surface area contributed by atoms with Gasteiger partial charge in [-0.05, 0) is 59.8 Å². The Morgan fingerprint density at radius 3 is 2.26 bits per heavy atom. The monoisotopic (exact) mass is 478 g/mol. The second kappa shape index (κ2) is 11.4. The number of carboxylic acids is 1. The van der Waals surface area contributed by atoms with E-state index >= 15 is 0 Å². The number of alkyl carbamates (subject to hydrolysis) is 1. The third kappa shape index (κ3) is 6.02. The summed E-state index contributed by atoms with van der Waals surface area (Å²) in [6, 6.07) is 15.7. The Kier molecular flexibility index (Phi) is 8.06. The SMILES string of the molecule is CCC[C@@H](NC(=O)OCC1c2ccccc2-c2ccccc21)C(=O)NCC1CCC(CC(=O)O)C1.